The second-order valence-corrected chi connectivity index (χ2v) is 28.7. The van der Waals surface area contributed by atoms with Gasteiger partial charge in [0.05, 0.1) is 26.4 Å². The first-order chi connectivity index (χ1) is 43.8. The molecular formula is C84H122N2O4. The molecule has 492 valence electrons. The Bertz CT molecular complexity index is 2500. The highest BCUT2D eigenvalue weighted by atomic mass is 16.5. The van der Waals surface area contributed by atoms with Crippen LogP contribution in [0.15, 0.2) is 121 Å². The molecule has 0 aromatic heterocycles. The van der Waals surface area contributed by atoms with Crippen molar-refractivity contribution in [2.45, 2.75) is 284 Å². The first kappa shape index (κ1) is 71.6. The van der Waals surface area contributed by atoms with Crippen molar-refractivity contribution in [1.82, 2.24) is 0 Å². The van der Waals surface area contributed by atoms with Gasteiger partial charge in [-0.05, 0) is 143 Å². The maximum Gasteiger partial charge on any atom is 0.119 e. The number of nitrogens with two attached hydrogens (primary N) is 2. The summed E-state index contributed by atoms with van der Waals surface area (Å²) in [5, 5.41) is 0. The van der Waals surface area contributed by atoms with E-state index in [9.17, 15) is 0 Å². The van der Waals surface area contributed by atoms with Crippen molar-refractivity contribution in [2.24, 2.45) is 0 Å². The van der Waals surface area contributed by atoms with Gasteiger partial charge >= 0.3 is 0 Å². The van der Waals surface area contributed by atoms with E-state index in [0.717, 1.165) is 131 Å². The molecule has 0 spiro atoms. The molecule has 0 saturated heterocycles. The van der Waals surface area contributed by atoms with E-state index < -0.39 is 0 Å². The van der Waals surface area contributed by atoms with Crippen LogP contribution in [0.25, 0.3) is 44.5 Å². The molecule has 0 atom stereocenters. The Balaban J connectivity index is 0.819. The van der Waals surface area contributed by atoms with Crippen molar-refractivity contribution >= 4 is 11.4 Å². The van der Waals surface area contributed by atoms with Crippen molar-refractivity contribution in [3.8, 4) is 67.5 Å². The second-order valence-electron chi connectivity index (χ2n) is 28.7. The van der Waals surface area contributed by atoms with Crippen LogP contribution in [0.4, 0.5) is 11.4 Å². The molecule has 6 aromatic rings. The van der Waals surface area contributed by atoms with Crippen LogP contribution in [0.3, 0.4) is 0 Å². The highest BCUT2D eigenvalue weighted by Crippen LogP contribution is 2.42. The molecular weight excluding hydrogens is 1100 g/mol. The summed E-state index contributed by atoms with van der Waals surface area (Å²) in [6, 6.07) is 43.4. The van der Waals surface area contributed by atoms with Crippen LogP contribution in [0.1, 0.15) is 284 Å². The summed E-state index contributed by atoms with van der Waals surface area (Å²) in [7, 11) is 0. The highest BCUT2D eigenvalue weighted by Gasteiger charge is 2.22. The summed E-state index contributed by atoms with van der Waals surface area (Å²) in [4.78, 5) is 0. The molecule has 0 aliphatic carbocycles. The van der Waals surface area contributed by atoms with Gasteiger partial charge in [-0.1, -0.05) is 296 Å². The van der Waals surface area contributed by atoms with E-state index in [1.54, 1.807) is 0 Å². The van der Waals surface area contributed by atoms with Gasteiger partial charge in [-0.3, -0.25) is 0 Å². The lowest BCUT2D eigenvalue weighted by Crippen LogP contribution is -2.12. The third kappa shape index (κ3) is 26.0. The third-order valence-corrected chi connectivity index (χ3v) is 18.9. The topological polar surface area (TPSA) is 89.0 Å². The molecule has 0 saturated carbocycles. The van der Waals surface area contributed by atoms with Gasteiger partial charge in [0.1, 0.15) is 23.0 Å². The van der Waals surface area contributed by atoms with Gasteiger partial charge in [0.2, 0.25) is 0 Å². The number of ether oxygens (including phenoxy) is 4. The number of hydrogen-bond donors (Lipinski definition) is 2. The number of benzene rings is 6. The van der Waals surface area contributed by atoms with E-state index in [2.05, 4.69) is 163 Å². The van der Waals surface area contributed by atoms with Crippen LogP contribution >= 0.6 is 0 Å². The number of nitrogen functional groups attached to an aromatic ring is 2. The zero-order chi connectivity index (χ0) is 63.5. The molecule has 13 rings (SSSR count). The van der Waals surface area contributed by atoms with Crippen molar-refractivity contribution in [1.29, 1.82) is 0 Å². The van der Waals surface area contributed by atoms with Crippen molar-refractivity contribution in [3.63, 3.8) is 0 Å². The normalized spacial score (nSPS) is 17.7. The van der Waals surface area contributed by atoms with Gasteiger partial charge in [0.25, 0.3) is 0 Å². The molecule has 4 N–H and O–H groups in total. The predicted octanol–water partition coefficient (Wildman–Crippen LogP) is 25.4. The lowest BCUT2D eigenvalue weighted by atomic mass is 9.82. The first-order valence-electron chi connectivity index (χ1n) is 36.6. The smallest absolute Gasteiger partial charge is 0.119 e. The van der Waals surface area contributed by atoms with E-state index in [4.69, 9.17) is 30.4 Å². The summed E-state index contributed by atoms with van der Waals surface area (Å²) in [5.74, 6) is 3.71. The summed E-state index contributed by atoms with van der Waals surface area (Å²) in [6.07, 6.45) is 47.5. The zero-order valence-corrected chi connectivity index (χ0v) is 57.6. The first-order valence-corrected chi connectivity index (χ1v) is 36.6. The largest absolute Gasteiger partial charge is 0.494 e. The summed E-state index contributed by atoms with van der Waals surface area (Å²) >= 11 is 0. The Labute approximate surface area is 548 Å². The monoisotopic (exact) mass is 1220 g/mol. The fourth-order valence-electron chi connectivity index (χ4n) is 12.9. The van der Waals surface area contributed by atoms with E-state index in [-0.39, 0.29) is 10.8 Å². The molecule has 6 aromatic carbocycles. The molecule has 0 amide bonds. The van der Waals surface area contributed by atoms with Crippen molar-refractivity contribution in [3.05, 3.63) is 132 Å². The fraction of sp³-hybridized carbons (Fsp3) is 0.571. The van der Waals surface area contributed by atoms with Crippen LogP contribution < -0.4 is 30.4 Å². The minimum atomic E-state index is -0.0288. The molecule has 12 bridgehead atoms. The van der Waals surface area contributed by atoms with Crippen molar-refractivity contribution in [2.75, 3.05) is 37.9 Å². The molecule has 6 heteroatoms. The van der Waals surface area contributed by atoms with E-state index in [1.807, 2.05) is 0 Å². The molecule has 7 heterocycles. The average Bonchev–Trinajstić information content (AvgIpc) is 0.838. The maximum atomic E-state index is 7.04. The molecule has 7 aliphatic rings. The lowest BCUT2D eigenvalue weighted by molar-refractivity contribution is 0.304. The quantitative estimate of drug-likeness (QED) is 0.147. The van der Waals surface area contributed by atoms with Crippen LogP contribution in [-0.2, 0) is 10.8 Å². The van der Waals surface area contributed by atoms with Gasteiger partial charge in [-0.2, -0.15) is 0 Å². The van der Waals surface area contributed by atoms with Gasteiger partial charge in [0, 0.05) is 33.6 Å². The van der Waals surface area contributed by atoms with Crippen LogP contribution in [0.5, 0.6) is 23.0 Å². The highest BCUT2D eigenvalue weighted by molar-refractivity contribution is 5.91. The van der Waals surface area contributed by atoms with Crippen LogP contribution in [0, 0.1) is 0 Å². The molecule has 6 nitrogen and oxygen atoms in total. The minimum absolute atomic E-state index is 0.0288. The number of anilines is 2. The van der Waals surface area contributed by atoms with Gasteiger partial charge in [0.15, 0.2) is 0 Å². The van der Waals surface area contributed by atoms with E-state index >= 15 is 0 Å². The van der Waals surface area contributed by atoms with E-state index in [1.165, 1.54) is 217 Å². The second kappa shape index (κ2) is 40.2. The van der Waals surface area contributed by atoms with Crippen molar-refractivity contribution < 1.29 is 18.9 Å². The Morgan fingerprint density at radius 1 is 0.222 bits per heavy atom. The summed E-state index contributed by atoms with van der Waals surface area (Å²) in [5.41, 5.74) is 26.9. The number of rotatable bonds is 0. The number of hydrogen-bond acceptors (Lipinski definition) is 6. The predicted molar refractivity (Wildman–Crippen MR) is 389 cm³/mol. The third-order valence-electron chi connectivity index (χ3n) is 18.9. The maximum absolute atomic E-state index is 7.04. The fourth-order valence-corrected chi connectivity index (χ4v) is 12.9. The minimum Gasteiger partial charge on any atom is -0.494 e. The SMILES string of the molecule is CC(C)(C)c1cc2c(N)c(c1)-c1ccc(cc1)OCCCCCCCCCCCCCCCCCCCCOc1ccc(cc1)-c1cc(C(C)(C)C)cc(c1N)-c1ccc(cc1)OCCCCCCCCCCCCCCCCCCCCOc1ccc-2cc1. The molecule has 0 unspecified atom stereocenters. The van der Waals surface area contributed by atoms with Gasteiger partial charge in [-0.25, -0.2) is 0 Å². The Hall–Kier alpha value is -5.88. The summed E-state index contributed by atoms with van der Waals surface area (Å²) in [6.45, 7) is 16.7. The van der Waals surface area contributed by atoms with Gasteiger partial charge < -0.3 is 30.4 Å². The average molecular weight is 1220 g/mol. The zero-order valence-electron chi connectivity index (χ0n) is 57.6. The Morgan fingerprint density at radius 3 is 0.511 bits per heavy atom. The standard InChI is InChI=1S/C84H122N2O4/c1-83(2,3)71-63-77-67-43-51-73(52-44-67)87-59-39-35-31-27-23-19-15-11-7-9-13-17-21-25-29-33-37-41-61-89-75-55-47-69(48-56-75)79-65-72(84(4,5)6)66-80(82(79)86)70-49-57-76(58-50-70)90-62-42-38-34-30-26-22-18-14-10-8-12-16-20-24-28-32-36-40-60-88-74-53-45-68(46-54-74)78(64-71)81(77)85/h43-58,63-66H,7-42,59-62,85-86H2,1-6H3. The lowest BCUT2D eigenvalue weighted by Gasteiger charge is -2.23. The van der Waals surface area contributed by atoms with E-state index in [0.29, 0.717) is 0 Å². The molecule has 0 radical (unpaired) electrons. The molecule has 0 fully saturated rings. The van der Waals surface area contributed by atoms with Crippen LogP contribution in [-0.4, -0.2) is 26.4 Å². The Kier molecular flexibility index (Phi) is 31.9. The van der Waals surface area contributed by atoms with Crippen LogP contribution in [0.2, 0.25) is 0 Å². The van der Waals surface area contributed by atoms with Gasteiger partial charge in [-0.15, -0.1) is 0 Å². The molecule has 7 aliphatic heterocycles. The molecule has 90 heavy (non-hydrogen) atoms. The Morgan fingerprint density at radius 2 is 0.367 bits per heavy atom. The summed E-state index contributed by atoms with van der Waals surface area (Å²) < 4.78 is 24.9.